The van der Waals surface area contributed by atoms with Crippen molar-refractivity contribution in [2.45, 2.75) is 33.1 Å². The van der Waals surface area contributed by atoms with Crippen molar-refractivity contribution >= 4 is 71.6 Å². The van der Waals surface area contributed by atoms with Gasteiger partial charge in [0.1, 0.15) is 22.3 Å². The molecule has 8 aromatic carbocycles. The van der Waals surface area contributed by atoms with Crippen LogP contribution in [-0.2, 0) is 0 Å². The van der Waals surface area contributed by atoms with E-state index in [1.807, 2.05) is 6.07 Å². The van der Waals surface area contributed by atoms with Crippen molar-refractivity contribution in [3.63, 3.8) is 0 Å². The first-order valence-corrected chi connectivity index (χ1v) is 21.1. The van der Waals surface area contributed by atoms with Gasteiger partial charge < -0.3 is 8.83 Å². The van der Waals surface area contributed by atoms with Crippen LogP contribution in [0.5, 0.6) is 0 Å². The zero-order chi connectivity index (χ0) is 40.2. The molecule has 0 saturated carbocycles. The quantitative estimate of drug-likeness (QED) is 0.169. The maximum Gasteiger partial charge on any atom is 0.143 e. The van der Waals surface area contributed by atoms with Crippen LogP contribution >= 0.6 is 0 Å². The monoisotopic (exact) mass is 773 g/mol. The first-order valence-electron chi connectivity index (χ1n) is 21.1. The van der Waals surface area contributed by atoms with E-state index in [1.54, 1.807) is 0 Å². The van der Waals surface area contributed by atoms with E-state index in [-0.39, 0.29) is 5.92 Å². The Morgan fingerprint density at radius 3 is 1.92 bits per heavy atom. The minimum atomic E-state index is 0.137. The summed E-state index contributed by atoms with van der Waals surface area (Å²) in [5.74, 6) is 0.137. The molecule has 10 aromatic rings. The van der Waals surface area contributed by atoms with Crippen molar-refractivity contribution in [3.05, 3.63) is 204 Å². The highest BCUT2D eigenvalue weighted by atomic mass is 16.3. The highest BCUT2D eigenvalue weighted by Gasteiger charge is 2.23. The minimum absolute atomic E-state index is 0.137. The minimum Gasteiger partial charge on any atom is -0.456 e. The fourth-order valence-corrected chi connectivity index (χ4v) is 9.61. The molecule has 0 saturated heterocycles. The molecule has 288 valence electrons. The van der Waals surface area contributed by atoms with Gasteiger partial charge in [-0.15, -0.1) is 0 Å². The number of para-hydroxylation sites is 2. The molecule has 3 nitrogen and oxygen atoms in total. The van der Waals surface area contributed by atoms with E-state index in [9.17, 15) is 0 Å². The summed E-state index contributed by atoms with van der Waals surface area (Å²) in [6, 6.07) is 62.7. The number of fused-ring (bicyclic) bond motifs is 7. The lowest BCUT2D eigenvalue weighted by molar-refractivity contribution is 0.668. The Labute approximate surface area is 349 Å². The van der Waals surface area contributed by atoms with E-state index in [4.69, 9.17) is 13.8 Å². The Balaban J connectivity index is 1.10. The van der Waals surface area contributed by atoms with Gasteiger partial charge in [0, 0.05) is 44.3 Å². The number of aliphatic imine (C=N–C) groups is 1. The molecule has 0 N–H and O–H groups in total. The molecule has 1 unspecified atom stereocenters. The molecular weight excluding hydrogens is 731 g/mol. The SMILES string of the molecule is CCC1/C=C(/c2ccc(-c3cccc4oc5c(-c6ccccc6)cccc5c34)c3ccccc23)N=C(c2ccccc2)CCC(C)=C1c1ccc2oc3ccccc3c2c1. The number of allylic oxidation sites excluding steroid dienone is 3. The molecule has 3 heterocycles. The molecule has 0 bridgehead atoms. The molecule has 1 aliphatic heterocycles. The van der Waals surface area contributed by atoms with Crippen LogP contribution in [0.1, 0.15) is 49.8 Å². The van der Waals surface area contributed by atoms with Gasteiger partial charge in [0.15, 0.2) is 0 Å². The third-order valence-electron chi connectivity index (χ3n) is 12.5. The van der Waals surface area contributed by atoms with Gasteiger partial charge >= 0.3 is 0 Å². The molecule has 60 heavy (non-hydrogen) atoms. The van der Waals surface area contributed by atoms with Crippen LogP contribution in [0.15, 0.2) is 201 Å². The number of rotatable bonds is 6. The van der Waals surface area contributed by atoms with Gasteiger partial charge in [0.25, 0.3) is 0 Å². The number of furan rings is 2. The Morgan fingerprint density at radius 2 is 1.12 bits per heavy atom. The molecule has 0 fully saturated rings. The molecule has 2 aromatic heterocycles. The topological polar surface area (TPSA) is 38.6 Å². The number of hydrogen-bond acceptors (Lipinski definition) is 3. The molecule has 3 heteroatoms. The molecule has 0 spiro atoms. The van der Waals surface area contributed by atoms with E-state index in [0.29, 0.717) is 0 Å². The van der Waals surface area contributed by atoms with Gasteiger partial charge in [-0.2, -0.15) is 0 Å². The summed E-state index contributed by atoms with van der Waals surface area (Å²) in [7, 11) is 0. The van der Waals surface area contributed by atoms with Crippen LogP contribution in [0.25, 0.3) is 88.2 Å². The number of hydrogen-bond donors (Lipinski definition) is 0. The van der Waals surface area contributed by atoms with Crippen LogP contribution < -0.4 is 0 Å². The zero-order valence-electron chi connectivity index (χ0n) is 33.8. The van der Waals surface area contributed by atoms with Crippen molar-refractivity contribution in [2.24, 2.45) is 10.9 Å². The second-order valence-electron chi connectivity index (χ2n) is 16.0. The molecule has 0 radical (unpaired) electrons. The largest absolute Gasteiger partial charge is 0.456 e. The van der Waals surface area contributed by atoms with E-state index in [1.165, 1.54) is 33.0 Å². The summed E-state index contributed by atoms with van der Waals surface area (Å²) in [5.41, 5.74) is 16.6. The fourth-order valence-electron chi connectivity index (χ4n) is 9.61. The highest BCUT2D eigenvalue weighted by molar-refractivity contribution is 6.18. The van der Waals surface area contributed by atoms with Crippen LogP contribution in [0.2, 0.25) is 0 Å². The average Bonchev–Trinajstić information content (AvgIpc) is 3.89. The second-order valence-corrected chi connectivity index (χ2v) is 16.0. The second kappa shape index (κ2) is 14.9. The summed E-state index contributed by atoms with van der Waals surface area (Å²) < 4.78 is 13.0. The first-order chi connectivity index (χ1) is 29.6. The lowest BCUT2D eigenvalue weighted by Gasteiger charge is -2.21. The van der Waals surface area contributed by atoms with Gasteiger partial charge in [-0.3, -0.25) is 4.99 Å². The van der Waals surface area contributed by atoms with Crippen LogP contribution in [-0.4, -0.2) is 5.71 Å². The first kappa shape index (κ1) is 35.9. The standard InChI is InChI=1S/C57H43NO2/c1-3-37-35-51(58-50(39-18-8-5-9-19-39)32-28-36(2)55(37)40-29-33-53-49(34-40)46-22-12-13-26-52(46)59-53)45-31-30-44(42-20-10-11-21-43(42)45)47-24-15-27-54-56(47)48-25-14-23-41(57(48)60-54)38-16-6-4-7-17-38/h4-27,29-31,33-35,37H,3,28,32H2,1-2H3/b51-35-,55-36?,58-50?. The molecule has 0 aliphatic carbocycles. The normalized spacial score (nSPS) is 15.9. The third kappa shape index (κ3) is 6.08. The Morgan fingerprint density at radius 1 is 0.483 bits per heavy atom. The summed E-state index contributed by atoms with van der Waals surface area (Å²) in [6.07, 6.45) is 5.13. The van der Waals surface area contributed by atoms with Gasteiger partial charge in [0.05, 0.1) is 5.70 Å². The van der Waals surface area contributed by atoms with Crippen molar-refractivity contribution in [3.8, 4) is 22.3 Å². The predicted octanol–water partition coefficient (Wildman–Crippen LogP) is 16.1. The van der Waals surface area contributed by atoms with Crippen molar-refractivity contribution in [2.75, 3.05) is 0 Å². The molecule has 1 atom stereocenters. The third-order valence-corrected chi connectivity index (χ3v) is 12.5. The molecular formula is C57H43NO2. The zero-order valence-corrected chi connectivity index (χ0v) is 33.8. The Bertz CT molecular complexity index is 3360. The Hall–Kier alpha value is -7.23. The van der Waals surface area contributed by atoms with E-state index < -0.39 is 0 Å². The van der Waals surface area contributed by atoms with Crippen LogP contribution in [0.3, 0.4) is 0 Å². The van der Waals surface area contributed by atoms with Crippen molar-refractivity contribution in [1.29, 1.82) is 0 Å². The number of benzene rings is 8. The highest BCUT2D eigenvalue weighted by Crippen LogP contribution is 2.45. The maximum atomic E-state index is 6.71. The lowest BCUT2D eigenvalue weighted by atomic mass is 9.84. The van der Waals surface area contributed by atoms with Gasteiger partial charge in [-0.05, 0) is 94.6 Å². The van der Waals surface area contributed by atoms with Crippen molar-refractivity contribution in [1.82, 2.24) is 0 Å². The maximum absolute atomic E-state index is 6.71. The lowest BCUT2D eigenvalue weighted by Crippen LogP contribution is -2.04. The van der Waals surface area contributed by atoms with E-state index >= 15 is 0 Å². The molecule has 0 amide bonds. The number of nitrogens with zero attached hydrogens (tertiary/aromatic N) is 1. The smallest absolute Gasteiger partial charge is 0.143 e. The van der Waals surface area contributed by atoms with Gasteiger partial charge in [-0.1, -0.05) is 170 Å². The summed E-state index contributed by atoms with van der Waals surface area (Å²) >= 11 is 0. The summed E-state index contributed by atoms with van der Waals surface area (Å²) in [6.45, 7) is 4.63. The molecule has 1 aliphatic rings. The summed E-state index contributed by atoms with van der Waals surface area (Å²) in [4.78, 5) is 5.67. The van der Waals surface area contributed by atoms with E-state index in [2.05, 4.69) is 190 Å². The van der Waals surface area contributed by atoms with Crippen molar-refractivity contribution < 1.29 is 8.83 Å². The predicted molar refractivity (Wildman–Crippen MR) is 252 cm³/mol. The Kier molecular flexibility index (Phi) is 8.89. The molecule has 11 rings (SSSR count). The average molecular weight is 774 g/mol. The summed E-state index contributed by atoms with van der Waals surface area (Å²) in [5, 5.41) is 6.92. The van der Waals surface area contributed by atoms with Gasteiger partial charge in [-0.25, -0.2) is 0 Å². The van der Waals surface area contributed by atoms with Gasteiger partial charge in [0.2, 0.25) is 0 Å². The van der Waals surface area contributed by atoms with Crippen LogP contribution in [0.4, 0.5) is 0 Å². The fraction of sp³-hybridized carbons (Fsp3) is 0.105. The van der Waals surface area contributed by atoms with E-state index in [0.717, 1.165) is 102 Å². The van der Waals surface area contributed by atoms with Crippen LogP contribution in [0, 0.1) is 5.92 Å².